The van der Waals surface area contributed by atoms with Crippen LogP contribution in [0.5, 0.6) is 11.5 Å². The Morgan fingerprint density at radius 3 is 2.46 bits per heavy atom. The fourth-order valence-corrected chi connectivity index (χ4v) is 6.57. The van der Waals surface area contributed by atoms with Crippen LogP contribution in [0.25, 0.3) is 0 Å². The van der Waals surface area contributed by atoms with E-state index in [-0.39, 0.29) is 11.6 Å². The smallest absolute Gasteiger partial charge is 0.410 e. The Morgan fingerprint density at radius 1 is 1.09 bits per heavy atom. The zero-order valence-corrected chi connectivity index (χ0v) is 22.8. The first-order valence-corrected chi connectivity index (χ1v) is 13.2. The monoisotopic (exact) mass is 487 g/mol. The maximum Gasteiger partial charge on any atom is 0.410 e. The third-order valence-corrected chi connectivity index (χ3v) is 8.28. The van der Waals surface area contributed by atoms with Gasteiger partial charge in [-0.3, -0.25) is 4.90 Å². The zero-order chi connectivity index (χ0) is 25.3. The predicted octanol–water partition coefficient (Wildman–Crippen LogP) is 4.45. The molecule has 3 aliphatic rings. The van der Waals surface area contributed by atoms with Crippen molar-refractivity contribution in [2.75, 3.05) is 60.6 Å². The lowest BCUT2D eigenvalue weighted by atomic mass is 9.74. The molecule has 7 nitrogen and oxygen atoms in total. The van der Waals surface area contributed by atoms with E-state index in [9.17, 15) is 4.79 Å². The van der Waals surface area contributed by atoms with Gasteiger partial charge in [-0.2, -0.15) is 0 Å². The Morgan fingerprint density at radius 2 is 1.80 bits per heavy atom. The summed E-state index contributed by atoms with van der Waals surface area (Å²) in [6.45, 7) is 13.9. The minimum Gasteiger partial charge on any atom is -0.493 e. The van der Waals surface area contributed by atoms with Crippen molar-refractivity contribution in [3.05, 3.63) is 23.3 Å². The van der Waals surface area contributed by atoms with Gasteiger partial charge >= 0.3 is 6.09 Å². The van der Waals surface area contributed by atoms with Crippen molar-refractivity contribution in [2.45, 2.75) is 58.5 Å². The van der Waals surface area contributed by atoms with E-state index in [4.69, 9.17) is 14.2 Å². The largest absolute Gasteiger partial charge is 0.493 e. The third kappa shape index (κ3) is 5.56. The molecular formula is C28H45N3O4. The van der Waals surface area contributed by atoms with E-state index in [1.807, 2.05) is 4.90 Å². The van der Waals surface area contributed by atoms with E-state index in [1.165, 1.54) is 11.1 Å². The average molecular weight is 488 g/mol. The van der Waals surface area contributed by atoms with Crippen molar-refractivity contribution in [2.24, 2.45) is 17.8 Å². The standard InChI is InChI=1S/C28H45N3O4/c1-19(2)12-21-16-30-9-8-20-14-25(33-6)26(34-7)15-23(20)24(30)13-22(21)17-35-27(32)31-11-10-29(5)18-28(31,3)4/h14-15,19,21-22,24H,8-13,16-18H2,1-7H3. The van der Waals surface area contributed by atoms with Crippen LogP contribution < -0.4 is 9.47 Å². The maximum absolute atomic E-state index is 13.2. The molecule has 3 heterocycles. The number of benzene rings is 1. The van der Waals surface area contributed by atoms with Crippen LogP contribution in [-0.4, -0.2) is 86.9 Å². The molecule has 0 saturated carbocycles. The van der Waals surface area contributed by atoms with E-state index in [0.717, 1.165) is 56.9 Å². The molecule has 35 heavy (non-hydrogen) atoms. The van der Waals surface area contributed by atoms with Crippen LogP contribution in [-0.2, 0) is 11.2 Å². The van der Waals surface area contributed by atoms with E-state index in [2.05, 4.69) is 56.7 Å². The first-order valence-electron chi connectivity index (χ1n) is 13.2. The van der Waals surface area contributed by atoms with Gasteiger partial charge in [-0.15, -0.1) is 0 Å². The molecule has 1 amide bonds. The van der Waals surface area contributed by atoms with Crippen LogP contribution in [0.1, 0.15) is 57.7 Å². The van der Waals surface area contributed by atoms with Gasteiger partial charge in [-0.05, 0) is 81.2 Å². The number of nitrogens with zero attached hydrogens (tertiary/aromatic N) is 3. The number of amides is 1. The highest BCUT2D eigenvalue weighted by molar-refractivity contribution is 5.69. The molecule has 1 aromatic rings. The number of carbonyl (C=O) groups is 1. The number of rotatable bonds is 6. The van der Waals surface area contributed by atoms with Gasteiger partial charge in [0.25, 0.3) is 0 Å². The van der Waals surface area contributed by atoms with Gasteiger partial charge in [0.2, 0.25) is 0 Å². The van der Waals surface area contributed by atoms with Crippen molar-refractivity contribution < 1.29 is 19.0 Å². The Hall–Kier alpha value is -1.99. The maximum atomic E-state index is 13.2. The van der Waals surface area contributed by atoms with Gasteiger partial charge in [-0.1, -0.05) is 13.8 Å². The topological polar surface area (TPSA) is 54.5 Å². The van der Waals surface area contributed by atoms with Gasteiger partial charge in [0.15, 0.2) is 11.5 Å². The Kier molecular flexibility index (Phi) is 7.86. The number of ether oxygens (including phenoxy) is 3. The number of carbonyl (C=O) groups excluding carboxylic acids is 1. The lowest BCUT2D eigenvalue weighted by molar-refractivity contribution is -0.0142. The van der Waals surface area contributed by atoms with E-state index in [0.29, 0.717) is 36.9 Å². The van der Waals surface area contributed by atoms with Crippen molar-refractivity contribution in [3.8, 4) is 11.5 Å². The first-order chi connectivity index (χ1) is 16.6. The average Bonchev–Trinajstić information content (AvgIpc) is 2.80. The van der Waals surface area contributed by atoms with Gasteiger partial charge < -0.3 is 24.0 Å². The minimum absolute atomic E-state index is 0.163. The fraction of sp³-hybridized carbons (Fsp3) is 0.750. The summed E-state index contributed by atoms with van der Waals surface area (Å²) < 4.78 is 17.3. The third-order valence-electron chi connectivity index (χ3n) is 8.28. The molecular weight excluding hydrogens is 442 g/mol. The van der Waals surface area contributed by atoms with Gasteiger partial charge in [0, 0.05) is 38.8 Å². The minimum atomic E-state index is -0.220. The summed E-state index contributed by atoms with van der Waals surface area (Å²) in [5, 5.41) is 0. The molecule has 2 saturated heterocycles. The highest BCUT2D eigenvalue weighted by atomic mass is 16.6. The van der Waals surface area contributed by atoms with E-state index < -0.39 is 0 Å². The van der Waals surface area contributed by atoms with Crippen molar-refractivity contribution >= 4 is 6.09 Å². The van der Waals surface area contributed by atoms with Crippen LogP contribution in [0.15, 0.2) is 12.1 Å². The molecule has 196 valence electrons. The highest BCUT2D eigenvalue weighted by Gasteiger charge is 2.41. The molecule has 2 fully saturated rings. The number of likely N-dealkylation sites (N-methyl/N-ethyl adjacent to an activating group) is 1. The molecule has 0 aliphatic carbocycles. The second kappa shape index (κ2) is 10.6. The number of piperidine rings is 1. The van der Waals surface area contributed by atoms with E-state index in [1.54, 1.807) is 14.2 Å². The lowest BCUT2D eigenvalue weighted by Crippen LogP contribution is -2.60. The van der Waals surface area contributed by atoms with Gasteiger partial charge in [0.1, 0.15) is 0 Å². The molecule has 0 bridgehead atoms. The molecule has 0 aromatic heterocycles. The van der Waals surface area contributed by atoms with Crippen LogP contribution in [0.3, 0.4) is 0 Å². The lowest BCUT2D eigenvalue weighted by Gasteiger charge is -2.48. The van der Waals surface area contributed by atoms with Crippen molar-refractivity contribution in [1.29, 1.82) is 0 Å². The number of hydrogen-bond donors (Lipinski definition) is 0. The number of methoxy groups -OCH3 is 2. The summed E-state index contributed by atoms with van der Waals surface area (Å²) >= 11 is 0. The number of piperazine rings is 1. The quantitative estimate of drug-likeness (QED) is 0.591. The Labute approximate surface area is 211 Å². The van der Waals surface area contributed by atoms with Crippen molar-refractivity contribution in [3.63, 3.8) is 0 Å². The van der Waals surface area contributed by atoms with Gasteiger partial charge in [0.05, 0.1) is 26.4 Å². The molecule has 4 rings (SSSR count). The van der Waals surface area contributed by atoms with Crippen LogP contribution >= 0.6 is 0 Å². The molecule has 3 aliphatic heterocycles. The van der Waals surface area contributed by atoms with E-state index >= 15 is 0 Å². The second-order valence-electron chi connectivity index (χ2n) is 11.8. The second-order valence-corrected chi connectivity index (χ2v) is 11.8. The Balaban J connectivity index is 1.51. The van der Waals surface area contributed by atoms with Crippen LogP contribution in [0.2, 0.25) is 0 Å². The molecule has 3 unspecified atom stereocenters. The normalized spacial score (nSPS) is 26.7. The molecule has 0 N–H and O–H groups in total. The predicted molar refractivity (Wildman–Crippen MR) is 138 cm³/mol. The van der Waals surface area contributed by atoms with Crippen LogP contribution in [0.4, 0.5) is 4.79 Å². The summed E-state index contributed by atoms with van der Waals surface area (Å²) in [5.41, 5.74) is 2.47. The van der Waals surface area contributed by atoms with Crippen LogP contribution in [0, 0.1) is 17.8 Å². The summed E-state index contributed by atoms with van der Waals surface area (Å²) in [4.78, 5) is 20.0. The first kappa shape index (κ1) is 26.1. The zero-order valence-electron chi connectivity index (χ0n) is 22.8. The molecule has 0 radical (unpaired) electrons. The summed E-state index contributed by atoms with van der Waals surface area (Å²) in [6.07, 6.45) is 3.02. The fourth-order valence-electron chi connectivity index (χ4n) is 6.57. The number of fused-ring (bicyclic) bond motifs is 3. The molecule has 1 aromatic carbocycles. The SMILES string of the molecule is COc1cc2c(cc1OC)C1CC(COC(=O)N3CCN(C)CC3(C)C)C(CC(C)C)CN1CC2. The summed E-state index contributed by atoms with van der Waals surface area (Å²) in [5.74, 6) is 3.08. The highest BCUT2D eigenvalue weighted by Crippen LogP contribution is 2.45. The molecule has 0 spiro atoms. The van der Waals surface area contributed by atoms with Crippen molar-refractivity contribution in [1.82, 2.24) is 14.7 Å². The summed E-state index contributed by atoms with van der Waals surface area (Å²) in [7, 11) is 5.51. The molecule has 3 atom stereocenters. The number of hydrogen-bond acceptors (Lipinski definition) is 6. The van der Waals surface area contributed by atoms with Gasteiger partial charge in [-0.25, -0.2) is 4.79 Å². The summed E-state index contributed by atoms with van der Waals surface area (Å²) in [6, 6.07) is 4.64. The molecule has 7 heteroatoms. The Bertz CT molecular complexity index is 902.